The van der Waals surface area contributed by atoms with Gasteiger partial charge in [0.25, 0.3) is 5.89 Å². The summed E-state index contributed by atoms with van der Waals surface area (Å²) in [6.45, 7) is 4.63. The number of hydrogen-bond acceptors (Lipinski definition) is 6. The van der Waals surface area contributed by atoms with Gasteiger partial charge in [-0.2, -0.15) is 4.98 Å². The van der Waals surface area contributed by atoms with Crippen molar-refractivity contribution in [2.24, 2.45) is 0 Å². The van der Waals surface area contributed by atoms with Crippen LogP contribution in [0.25, 0.3) is 0 Å². The van der Waals surface area contributed by atoms with Crippen molar-refractivity contribution in [1.29, 1.82) is 0 Å². The summed E-state index contributed by atoms with van der Waals surface area (Å²) in [5.74, 6) is 1.83. The molecule has 0 bridgehead atoms. The third-order valence-electron chi connectivity index (χ3n) is 3.72. The summed E-state index contributed by atoms with van der Waals surface area (Å²) in [6, 6.07) is 7.37. The number of nitrogens with zero attached hydrogens (tertiary/aromatic N) is 3. The van der Waals surface area contributed by atoms with Crippen molar-refractivity contribution in [2.45, 2.75) is 19.1 Å². The molecule has 0 spiro atoms. The molecule has 126 valence electrons. The fraction of sp³-hybridized carbons (Fsp3) is 0.467. The second kappa shape index (κ2) is 7.97. The standard InChI is InChI=1S/C15H19ClN4O2.ClH/c1-10(21-12-5-3-4-11(16)8-12)15-18-14(19-22-15)13-9-17-6-7-20(13)2;/h3-5,8,10,13,17H,6-7,9H2,1-2H3;1H. The van der Waals surface area contributed by atoms with Gasteiger partial charge in [-0.25, -0.2) is 0 Å². The average Bonchev–Trinajstić information content (AvgIpc) is 2.97. The molecule has 1 aromatic heterocycles. The first-order chi connectivity index (χ1) is 10.6. The molecule has 1 saturated heterocycles. The first-order valence-electron chi connectivity index (χ1n) is 7.30. The Balaban J connectivity index is 0.00000192. The Morgan fingerprint density at radius 2 is 2.30 bits per heavy atom. The van der Waals surface area contributed by atoms with Crippen LogP contribution in [0.2, 0.25) is 5.02 Å². The van der Waals surface area contributed by atoms with Crippen LogP contribution in [0.4, 0.5) is 0 Å². The summed E-state index contributed by atoms with van der Waals surface area (Å²) in [7, 11) is 2.06. The van der Waals surface area contributed by atoms with Gasteiger partial charge in [0.15, 0.2) is 11.9 Å². The average molecular weight is 359 g/mol. The highest BCUT2D eigenvalue weighted by atomic mass is 35.5. The number of nitrogens with one attached hydrogen (secondary N) is 1. The highest BCUT2D eigenvalue weighted by molar-refractivity contribution is 6.30. The second-order valence-electron chi connectivity index (χ2n) is 5.41. The van der Waals surface area contributed by atoms with E-state index in [2.05, 4.69) is 27.4 Å². The van der Waals surface area contributed by atoms with Gasteiger partial charge in [-0.1, -0.05) is 22.8 Å². The van der Waals surface area contributed by atoms with Gasteiger partial charge in [-0.15, -0.1) is 12.4 Å². The summed E-state index contributed by atoms with van der Waals surface area (Å²) < 4.78 is 11.2. The van der Waals surface area contributed by atoms with Crippen LogP contribution in [0.3, 0.4) is 0 Å². The molecule has 3 rings (SSSR count). The van der Waals surface area contributed by atoms with Crippen LogP contribution in [-0.2, 0) is 0 Å². The predicted octanol–water partition coefficient (Wildman–Crippen LogP) is 2.86. The Bertz CT molecular complexity index is 637. The molecule has 0 amide bonds. The molecule has 1 aliphatic heterocycles. The van der Waals surface area contributed by atoms with Gasteiger partial charge < -0.3 is 14.6 Å². The van der Waals surface area contributed by atoms with Crippen molar-refractivity contribution >= 4 is 24.0 Å². The van der Waals surface area contributed by atoms with E-state index in [1.165, 1.54) is 0 Å². The lowest BCUT2D eigenvalue weighted by atomic mass is 10.2. The van der Waals surface area contributed by atoms with E-state index >= 15 is 0 Å². The quantitative estimate of drug-likeness (QED) is 0.906. The van der Waals surface area contributed by atoms with Crippen LogP contribution in [0.15, 0.2) is 28.8 Å². The zero-order valence-electron chi connectivity index (χ0n) is 13.0. The first kappa shape index (κ1) is 18.0. The molecule has 1 aliphatic rings. The van der Waals surface area contributed by atoms with Gasteiger partial charge in [0.2, 0.25) is 0 Å². The third-order valence-corrected chi connectivity index (χ3v) is 3.96. The third kappa shape index (κ3) is 4.35. The fourth-order valence-electron chi connectivity index (χ4n) is 2.44. The van der Waals surface area contributed by atoms with Crippen molar-refractivity contribution < 1.29 is 9.26 Å². The van der Waals surface area contributed by atoms with E-state index in [4.69, 9.17) is 20.9 Å². The number of likely N-dealkylation sites (N-methyl/N-ethyl adjacent to an activating group) is 1. The molecule has 8 heteroatoms. The number of piperazine rings is 1. The van der Waals surface area contributed by atoms with E-state index in [0.29, 0.717) is 22.5 Å². The SMILES string of the molecule is CC(Oc1cccc(Cl)c1)c1nc(C2CNCCN2C)no1.Cl. The number of aromatic nitrogens is 2. The van der Waals surface area contributed by atoms with Crippen molar-refractivity contribution in [1.82, 2.24) is 20.4 Å². The number of hydrogen-bond donors (Lipinski definition) is 1. The zero-order chi connectivity index (χ0) is 15.5. The van der Waals surface area contributed by atoms with Gasteiger partial charge in [0.1, 0.15) is 5.75 Å². The maximum Gasteiger partial charge on any atom is 0.267 e. The molecule has 0 saturated carbocycles. The van der Waals surface area contributed by atoms with Crippen LogP contribution < -0.4 is 10.1 Å². The van der Waals surface area contributed by atoms with Crippen LogP contribution in [0.5, 0.6) is 5.75 Å². The largest absolute Gasteiger partial charge is 0.481 e. The lowest BCUT2D eigenvalue weighted by Gasteiger charge is -2.30. The van der Waals surface area contributed by atoms with E-state index in [1.54, 1.807) is 12.1 Å². The number of ether oxygens (including phenoxy) is 1. The zero-order valence-corrected chi connectivity index (χ0v) is 14.6. The highest BCUT2D eigenvalue weighted by Gasteiger charge is 2.26. The predicted molar refractivity (Wildman–Crippen MR) is 90.3 cm³/mol. The first-order valence-corrected chi connectivity index (χ1v) is 7.68. The maximum absolute atomic E-state index is 5.95. The smallest absolute Gasteiger partial charge is 0.267 e. The van der Waals surface area contributed by atoms with Gasteiger partial charge in [-0.05, 0) is 32.2 Å². The molecule has 0 radical (unpaired) electrons. The molecule has 1 aromatic carbocycles. The van der Waals surface area contributed by atoms with Gasteiger partial charge in [0, 0.05) is 24.7 Å². The molecule has 2 unspecified atom stereocenters. The molecule has 2 heterocycles. The Kier molecular flexibility index (Phi) is 6.24. The van der Waals surface area contributed by atoms with E-state index in [9.17, 15) is 0 Å². The van der Waals surface area contributed by atoms with Crippen molar-refractivity contribution in [3.05, 3.63) is 41.0 Å². The summed E-state index contributed by atoms with van der Waals surface area (Å²) in [5, 5.41) is 8.07. The number of halogens is 2. The normalized spacial score (nSPS) is 19.9. The summed E-state index contributed by atoms with van der Waals surface area (Å²) >= 11 is 5.95. The van der Waals surface area contributed by atoms with E-state index in [0.717, 1.165) is 19.6 Å². The van der Waals surface area contributed by atoms with Gasteiger partial charge in [0.05, 0.1) is 6.04 Å². The molecule has 2 aromatic rings. The van der Waals surface area contributed by atoms with Crippen LogP contribution in [0.1, 0.15) is 30.8 Å². The van der Waals surface area contributed by atoms with Crippen molar-refractivity contribution in [3.8, 4) is 5.75 Å². The molecule has 6 nitrogen and oxygen atoms in total. The highest BCUT2D eigenvalue weighted by Crippen LogP contribution is 2.25. The lowest BCUT2D eigenvalue weighted by Crippen LogP contribution is -2.44. The van der Waals surface area contributed by atoms with E-state index in [1.807, 2.05) is 19.1 Å². The monoisotopic (exact) mass is 358 g/mol. The Labute approximate surface area is 146 Å². The minimum atomic E-state index is -0.332. The topological polar surface area (TPSA) is 63.4 Å². The second-order valence-corrected chi connectivity index (χ2v) is 5.85. The Morgan fingerprint density at radius 3 is 3.04 bits per heavy atom. The van der Waals surface area contributed by atoms with E-state index < -0.39 is 0 Å². The van der Waals surface area contributed by atoms with Gasteiger partial charge >= 0.3 is 0 Å². The Morgan fingerprint density at radius 1 is 1.48 bits per heavy atom. The number of benzene rings is 1. The molecule has 2 atom stereocenters. The molecule has 1 N–H and O–H groups in total. The van der Waals surface area contributed by atoms with Crippen molar-refractivity contribution in [2.75, 3.05) is 26.7 Å². The summed E-state index contributed by atoms with van der Waals surface area (Å²) in [5.41, 5.74) is 0. The molecule has 23 heavy (non-hydrogen) atoms. The van der Waals surface area contributed by atoms with E-state index in [-0.39, 0.29) is 24.6 Å². The minimum Gasteiger partial charge on any atom is -0.481 e. The molecular formula is C15H20Cl2N4O2. The summed E-state index contributed by atoms with van der Waals surface area (Å²) in [6.07, 6.45) is -0.332. The molecular weight excluding hydrogens is 339 g/mol. The molecule has 1 fully saturated rings. The summed E-state index contributed by atoms with van der Waals surface area (Å²) in [4.78, 5) is 6.70. The van der Waals surface area contributed by atoms with Crippen LogP contribution in [0, 0.1) is 0 Å². The van der Waals surface area contributed by atoms with Crippen LogP contribution in [-0.4, -0.2) is 41.7 Å². The fourth-order valence-corrected chi connectivity index (χ4v) is 2.62. The minimum absolute atomic E-state index is 0. The maximum atomic E-state index is 5.95. The van der Waals surface area contributed by atoms with Crippen LogP contribution >= 0.6 is 24.0 Å². The number of rotatable bonds is 4. The van der Waals surface area contributed by atoms with Crippen molar-refractivity contribution in [3.63, 3.8) is 0 Å². The molecule has 0 aliphatic carbocycles. The lowest BCUT2D eigenvalue weighted by molar-refractivity contribution is 0.173. The van der Waals surface area contributed by atoms with Gasteiger partial charge in [-0.3, -0.25) is 4.90 Å². The Hall–Kier alpha value is -1.34.